The van der Waals surface area contributed by atoms with Gasteiger partial charge in [-0.1, -0.05) is 19.8 Å². The third kappa shape index (κ3) is 4.59. The number of rotatable bonds is 7. The predicted octanol–water partition coefficient (Wildman–Crippen LogP) is 2.14. The molecule has 0 aromatic heterocycles. The summed E-state index contributed by atoms with van der Waals surface area (Å²) in [5.74, 6) is 0.477. The first-order valence-corrected chi connectivity index (χ1v) is 7.07. The zero-order chi connectivity index (χ0) is 15.1. The Labute approximate surface area is 123 Å². The van der Waals surface area contributed by atoms with Crippen molar-refractivity contribution in [1.82, 2.24) is 10.3 Å². The standard InChI is InChI=1S/C15H19N3O3/c1-2-3-4-9-21-13-7-5-12(6-8-13)10-16-18-11-14(19)17-15(18)20/h5-8,10H,2-4,9,11H2,1H3,(H,17,19,20)/b16-10-. The highest BCUT2D eigenvalue weighted by atomic mass is 16.5. The Kier molecular flexibility index (Phi) is 5.31. The van der Waals surface area contributed by atoms with Crippen LogP contribution >= 0.6 is 0 Å². The van der Waals surface area contributed by atoms with E-state index in [0.29, 0.717) is 0 Å². The molecule has 0 saturated carbocycles. The number of amides is 3. The number of urea groups is 1. The van der Waals surface area contributed by atoms with Gasteiger partial charge in [-0.2, -0.15) is 5.10 Å². The fourth-order valence-electron chi connectivity index (χ4n) is 1.85. The van der Waals surface area contributed by atoms with Crippen molar-refractivity contribution in [3.8, 4) is 5.75 Å². The number of nitrogens with zero attached hydrogens (tertiary/aromatic N) is 2. The number of hydrazone groups is 1. The van der Waals surface area contributed by atoms with Crippen molar-refractivity contribution in [2.45, 2.75) is 26.2 Å². The van der Waals surface area contributed by atoms with Crippen LogP contribution in [0.25, 0.3) is 0 Å². The van der Waals surface area contributed by atoms with Crippen LogP contribution in [0.5, 0.6) is 5.75 Å². The van der Waals surface area contributed by atoms with Gasteiger partial charge in [0.05, 0.1) is 12.8 Å². The van der Waals surface area contributed by atoms with Gasteiger partial charge in [0.1, 0.15) is 12.3 Å². The van der Waals surface area contributed by atoms with Gasteiger partial charge in [0, 0.05) is 0 Å². The SMILES string of the molecule is CCCCCOc1ccc(/C=N\N2CC(=O)NC2=O)cc1. The Morgan fingerprint density at radius 3 is 2.67 bits per heavy atom. The second kappa shape index (κ2) is 7.42. The first-order valence-electron chi connectivity index (χ1n) is 7.07. The summed E-state index contributed by atoms with van der Waals surface area (Å²) in [5.41, 5.74) is 0.836. The predicted molar refractivity (Wildman–Crippen MR) is 79.3 cm³/mol. The molecule has 6 nitrogen and oxygen atoms in total. The van der Waals surface area contributed by atoms with Crippen LogP contribution < -0.4 is 10.1 Å². The minimum absolute atomic E-state index is 0.0338. The Bertz CT molecular complexity index is 525. The third-order valence-electron chi connectivity index (χ3n) is 3.02. The summed E-state index contributed by atoms with van der Waals surface area (Å²) in [6.07, 6.45) is 4.93. The molecular weight excluding hydrogens is 270 g/mol. The quantitative estimate of drug-likeness (QED) is 0.475. The molecule has 1 saturated heterocycles. The topological polar surface area (TPSA) is 71.0 Å². The molecule has 1 aliphatic rings. The van der Waals surface area contributed by atoms with E-state index in [1.165, 1.54) is 12.8 Å². The largest absolute Gasteiger partial charge is 0.494 e. The van der Waals surface area contributed by atoms with E-state index in [0.717, 1.165) is 29.3 Å². The van der Waals surface area contributed by atoms with E-state index in [1.807, 2.05) is 24.3 Å². The first kappa shape index (κ1) is 15.0. The normalized spacial score (nSPS) is 14.8. The minimum atomic E-state index is -0.493. The van der Waals surface area contributed by atoms with Gasteiger partial charge in [-0.15, -0.1) is 0 Å². The van der Waals surface area contributed by atoms with Crippen LogP contribution in [-0.4, -0.2) is 36.3 Å². The highest BCUT2D eigenvalue weighted by Crippen LogP contribution is 2.12. The van der Waals surface area contributed by atoms with Crippen molar-refractivity contribution < 1.29 is 14.3 Å². The van der Waals surface area contributed by atoms with Crippen LogP contribution in [0.4, 0.5) is 4.79 Å². The average Bonchev–Trinajstić information content (AvgIpc) is 2.81. The Balaban J connectivity index is 1.84. The van der Waals surface area contributed by atoms with Gasteiger partial charge in [-0.05, 0) is 36.2 Å². The molecule has 0 bridgehead atoms. The van der Waals surface area contributed by atoms with Gasteiger partial charge in [0.2, 0.25) is 5.91 Å². The fourth-order valence-corrected chi connectivity index (χ4v) is 1.85. The lowest BCUT2D eigenvalue weighted by atomic mass is 10.2. The maximum Gasteiger partial charge on any atom is 0.344 e. The second-order valence-electron chi connectivity index (χ2n) is 4.78. The lowest BCUT2D eigenvalue weighted by Gasteiger charge is -2.06. The molecule has 1 N–H and O–H groups in total. The number of carbonyl (C=O) groups excluding carboxylic acids is 2. The lowest BCUT2D eigenvalue weighted by Crippen LogP contribution is -2.24. The molecule has 1 aromatic carbocycles. The van der Waals surface area contributed by atoms with Crippen LogP contribution in [0.2, 0.25) is 0 Å². The molecule has 1 heterocycles. The molecule has 0 radical (unpaired) electrons. The van der Waals surface area contributed by atoms with E-state index in [9.17, 15) is 9.59 Å². The monoisotopic (exact) mass is 289 g/mol. The number of hydrogen-bond acceptors (Lipinski definition) is 4. The van der Waals surface area contributed by atoms with E-state index in [2.05, 4.69) is 17.3 Å². The molecule has 0 spiro atoms. The Morgan fingerprint density at radius 1 is 1.29 bits per heavy atom. The highest BCUT2D eigenvalue weighted by molar-refractivity contribution is 6.02. The Hall–Kier alpha value is -2.37. The highest BCUT2D eigenvalue weighted by Gasteiger charge is 2.25. The van der Waals surface area contributed by atoms with E-state index >= 15 is 0 Å². The molecule has 112 valence electrons. The van der Waals surface area contributed by atoms with Gasteiger partial charge >= 0.3 is 6.03 Å². The molecular formula is C15H19N3O3. The smallest absolute Gasteiger partial charge is 0.344 e. The molecule has 0 unspecified atom stereocenters. The summed E-state index contributed by atoms with van der Waals surface area (Å²) in [6.45, 7) is 2.84. The third-order valence-corrected chi connectivity index (χ3v) is 3.02. The molecule has 0 aliphatic carbocycles. The van der Waals surface area contributed by atoms with Crippen molar-refractivity contribution in [2.75, 3.05) is 13.2 Å². The van der Waals surface area contributed by atoms with Crippen LogP contribution in [0, 0.1) is 0 Å². The van der Waals surface area contributed by atoms with E-state index < -0.39 is 6.03 Å². The van der Waals surface area contributed by atoms with Gasteiger partial charge < -0.3 is 4.74 Å². The summed E-state index contributed by atoms with van der Waals surface area (Å²) in [5, 5.41) is 7.23. The molecule has 0 atom stereocenters. The van der Waals surface area contributed by atoms with Crippen molar-refractivity contribution >= 4 is 18.2 Å². The van der Waals surface area contributed by atoms with Gasteiger partial charge in [0.25, 0.3) is 0 Å². The molecule has 2 rings (SSSR count). The van der Waals surface area contributed by atoms with Gasteiger partial charge in [0.15, 0.2) is 0 Å². The van der Waals surface area contributed by atoms with Gasteiger partial charge in [-0.3, -0.25) is 10.1 Å². The zero-order valence-corrected chi connectivity index (χ0v) is 12.0. The molecule has 6 heteroatoms. The van der Waals surface area contributed by atoms with Crippen LogP contribution in [0.3, 0.4) is 0 Å². The fraction of sp³-hybridized carbons (Fsp3) is 0.400. The summed E-state index contributed by atoms with van der Waals surface area (Å²) < 4.78 is 5.61. The number of benzene rings is 1. The van der Waals surface area contributed by atoms with Crippen LogP contribution in [-0.2, 0) is 4.79 Å². The molecule has 1 fully saturated rings. The number of ether oxygens (including phenoxy) is 1. The summed E-state index contributed by atoms with van der Waals surface area (Å²) in [4.78, 5) is 22.3. The van der Waals surface area contributed by atoms with Crippen LogP contribution in [0.1, 0.15) is 31.7 Å². The number of nitrogens with one attached hydrogen (secondary N) is 1. The second-order valence-corrected chi connectivity index (χ2v) is 4.78. The Morgan fingerprint density at radius 2 is 2.05 bits per heavy atom. The summed E-state index contributed by atoms with van der Waals surface area (Å²) >= 11 is 0. The van der Waals surface area contributed by atoms with Crippen LogP contribution in [0.15, 0.2) is 29.4 Å². The summed E-state index contributed by atoms with van der Waals surface area (Å²) in [6, 6.07) is 6.95. The minimum Gasteiger partial charge on any atom is -0.494 e. The van der Waals surface area contributed by atoms with Crippen molar-refractivity contribution in [2.24, 2.45) is 5.10 Å². The van der Waals surface area contributed by atoms with E-state index in [4.69, 9.17) is 4.74 Å². The molecule has 1 aliphatic heterocycles. The first-order chi connectivity index (χ1) is 10.2. The van der Waals surface area contributed by atoms with E-state index in [-0.39, 0.29) is 12.5 Å². The number of imide groups is 1. The maximum absolute atomic E-state index is 11.3. The zero-order valence-electron chi connectivity index (χ0n) is 12.0. The van der Waals surface area contributed by atoms with E-state index in [1.54, 1.807) is 6.21 Å². The van der Waals surface area contributed by atoms with Crippen molar-refractivity contribution in [3.05, 3.63) is 29.8 Å². The number of hydrogen-bond donors (Lipinski definition) is 1. The molecule has 1 aromatic rings. The maximum atomic E-state index is 11.3. The number of carbonyl (C=O) groups is 2. The average molecular weight is 289 g/mol. The molecule has 21 heavy (non-hydrogen) atoms. The van der Waals surface area contributed by atoms with Crippen molar-refractivity contribution in [3.63, 3.8) is 0 Å². The van der Waals surface area contributed by atoms with Crippen molar-refractivity contribution in [1.29, 1.82) is 0 Å². The molecule has 3 amide bonds. The lowest BCUT2D eigenvalue weighted by molar-refractivity contribution is -0.118. The summed E-state index contributed by atoms with van der Waals surface area (Å²) in [7, 11) is 0. The number of unbranched alkanes of at least 4 members (excludes halogenated alkanes) is 2. The van der Waals surface area contributed by atoms with Gasteiger partial charge in [-0.25, -0.2) is 9.80 Å².